The van der Waals surface area contributed by atoms with Crippen molar-refractivity contribution in [1.82, 2.24) is 19.9 Å². The van der Waals surface area contributed by atoms with Crippen LogP contribution in [0.3, 0.4) is 0 Å². The summed E-state index contributed by atoms with van der Waals surface area (Å²) in [6.45, 7) is 7.13. The highest BCUT2D eigenvalue weighted by molar-refractivity contribution is 6.31. The normalized spacial score (nSPS) is 15.5. The van der Waals surface area contributed by atoms with E-state index in [2.05, 4.69) is 19.9 Å². The molecule has 136 valence electrons. The Balaban J connectivity index is 1.41. The van der Waals surface area contributed by atoms with E-state index in [9.17, 15) is 0 Å². The number of fused-ring (bicyclic) bond motifs is 1. The van der Waals surface area contributed by atoms with Gasteiger partial charge in [-0.1, -0.05) is 11.6 Å². The molecule has 0 bridgehead atoms. The first-order chi connectivity index (χ1) is 12.7. The maximum absolute atomic E-state index is 6.13. The summed E-state index contributed by atoms with van der Waals surface area (Å²) in [5, 5.41) is 0.636. The van der Waals surface area contributed by atoms with Gasteiger partial charge >= 0.3 is 0 Å². The average molecular weight is 373 g/mol. The van der Waals surface area contributed by atoms with Crippen LogP contribution in [0.25, 0.3) is 22.6 Å². The van der Waals surface area contributed by atoms with Gasteiger partial charge < -0.3 is 14.5 Å². The molecule has 3 aromatic rings. The summed E-state index contributed by atoms with van der Waals surface area (Å²) in [6.07, 6.45) is 1.63. The van der Waals surface area contributed by atoms with Crippen LogP contribution in [0.4, 0.5) is 0 Å². The highest BCUT2D eigenvalue weighted by atomic mass is 35.5. The van der Waals surface area contributed by atoms with Gasteiger partial charge in [0.1, 0.15) is 18.2 Å². The van der Waals surface area contributed by atoms with Crippen LogP contribution in [0.2, 0.25) is 5.02 Å². The van der Waals surface area contributed by atoms with Crippen LogP contribution in [0, 0.1) is 6.92 Å². The third kappa shape index (κ3) is 3.67. The number of hydrogen-bond acceptors (Lipinski definition) is 5. The van der Waals surface area contributed by atoms with E-state index in [1.54, 1.807) is 6.20 Å². The van der Waals surface area contributed by atoms with Crippen molar-refractivity contribution in [2.24, 2.45) is 0 Å². The van der Waals surface area contributed by atoms with Crippen LogP contribution < -0.4 is 4.74 Å². The van der Waals surface area contributed by atoms with Crippen molar-refractivity contribution in [3.8, 4) is 17.1 Å². The van der Waals surface area contributed by atoms with Crippen LogP contribution in [-0.4, -0.2) is 59.3 Å². The van der Waals surface area contributed by atoms with Gasteiger partial charge in [-0.05, 0) is 36.8 Å². The predicted octanol–water partition coefficient (Wildman–Crippen LogP) is 3.30. The molecule has 0 atom stereocenters. The van der Waals surface area contributed by atoms with Crippen molar-refractivity contribution >= 4 is 22.8 Å². The number of aryl methyl sites for hydroxylation is 1. The highest BCUT2D eigenvalue weighted by Gasteiger charge is 2.11. The lowest BCUT2D eigenvalue weighted by molar-refractivity contribution is 0.0322. The number of morpholine rings is 1. The minimum absolute atomic E-state index is 0.636. The van der Waals surface area contributed by atoms with Gasteiger partial charge in [-0.25, -0.2) is 9.97 Å². The lowest BCUT2D eigenvalue weighted by atomic mass is 10.2. The number of imidazole rings is 1. The first-order valence-corrected chi connectivity index (χ1v) is 9.12. The second kappa shape index (κ2) is 7.61. The average Bonchev–Trinajstić information content (AvgIpc) is 3.11. The zero-order chi connectivity index (χ0) is 17.9. The highest BCUT2D eigenvalue weighted by Crippen LogP contribution is 2.26. The van der Waals surface area contributed by atoms with Gasteiger partial charge in [0.2, 0.25) is 0 Å². The third-order valence-corrected chi connectivity index (χ3v) is 5.01. The summed E-state index contributed by atoms with van der Waals surface area (Å²) in [4.78, 5) is 14.5. The largest absolute Gasteiger partial charge is 0.492 e. The van der Waals surface area contributed by atoms with E-state index in [4.69, 9.17) is 21.1 Å². The van der Waals surface area contributed by atoms with Crippen molar-refractivity contribution in [3.63, 3.8) is 0 Å². The number of pyridine rings is 1. The number of hydrogen-bond donors (Lipinski definition) is 1. The Labute approximate surface area is 157 Å². The number of ether oxygens (including phenoxy) is 2. The molecule has 0 amide bonds. The van der Waals surface area contributed by atoms with E-state index in [1.807, 2.05) is 31.2 Å². The van der Waals surface area contributed by atoms with Gasteiger partial charge in [0.05, 0.1) is 23.8 Å². The Morgan fingerprint density at radius 1 is 1.23 bits per heavy atom. The number of benzene rings is 1. The van der Waals surface area contributed by atoms with E-state index < -0.39 is 0 Å². The molecule has 0 radical (unpaired) electrons. The van der Waals surface area contributed by atoms with Crippen molar-refractivity contribution in [2.45, 2.75) is 6.92 Å². The summed E-state index contributed by atoms with van der Waals surface area (Å²) in [5.41, 5.74) is 3.49. The van der Waals surface area contributed by atoms with Gasteiger partial charge in [0.25, 0.3) is 0 Å². The zero-order valence-electron chi connectivity index (χ0n) is 14.7. The minimum Gasteiger partial charge on any atom is -0.492 e. The molecule has 1 aromatic carbocycles. The maximum atomic E-state index is 6.13. The Bertz CT molecular complexity index is 888. The van der Waals surface area contributed by atoms with E-state index in [1.165, 1.54) is 0 Å². The van der Waals surface area contributed by atoms with E-state index in [0.29, 0.717) is 17.3 Å². The number of nitrogens with zero attached hydrogens (tertiary/aromatic N) is 3. The number of halogens is 1. The molecular formula is C19H21ClN4O2. The number of nitrogens with one attached hydrogen (secondary N) is 1. The Morgan fingerprint density at radius 2 is 2.00 bits per heavy atom. The quantitative estimate of drug-likeness (QED) is 0.744. The fraction of sp³-hybridized carbons (Fsp3) is 0.368. The fourth-order valence-corrected chi connectivity index (χ4v) is 3.16. The molecule has 26 heavy (non-hydrogen) atoms. The molecular weight excluding hydrogens is 352 g/mol. The minimum atomic E-state index is 0.636. The molecule has 0 spiro atoms. The van der Waals surface area contributed by atoms with Crippen molar-refractivity contribution < 1.29 is 9.47 Å². The number of aromatic nitrogens is 3. The van der Waals surface area contributed by atoms with Gasteiger partial charge in [0.15, 0.2) is 5.65 Å². The summed E-state index contributed by atoms with van der Waals surface area (Å²) < 4.78 is 11.2. The van der Waals surface area contributed by atoms with Gasteiger partial charge in [-0.2, -0.15) is 0 Å². The molecule has 1 N–H and O–H groups in total. The molecule has 1 saturated heterocycles. The number of aromatic amines is 1. The molecule has 1 aliphatic rings. The third-order valence-electron chi connectivity index (χ3n) is 4.63. The molecule has 7 heteroatoms. The Kier molecular flexibility index (Phi) is 5.06. The lowest BCUT2D eigenvalue weighted by Crippen LogP contribution is -2.38. The van der Waals surface area contributed by atoms with Crippen LogP contribution in [0.5, 0.6) is 5.75 Å². The summed E-state index contributed by atoms with van der Waals surface area (Å²) in [7, 11) is 0. The lowest BCUT2D eigenvalue weighted by Gasteiger charge is -2.26. The SMILES string of the molecule is Cc1c(Cl)cnc2nc(-c3ccc(OCCN4CCOCC4)cc3)[nH]c12. The first kappa shape index (κ1) is 17.3. The Morgan fingerprint density at radius 3 is 2.77 bits per heavy atom. The Hall–Kier alpha value is -2.15. The van der Waals surface area contributed by atoms with Crippen LogP contribution in [-0.2, 0) is 4.74 Å². The molecule has 2 aromatic heterocycles. The van der Waals surface area contributed by atoms with E-state index in [0.717, 1.165) is 61.1 Å². The number of rotatable bonds is 5. The van der Waals surface area contributed by atoms with Crippen LogP contribution in [0.1, 0.15) is 5.56 Å². The summed E-state index contributed by atoms with van der Waals surface area (Å²) >= 11 is 6.13. The summed E-state index contributed by atoms with van der Waals surface area (Å²) in [5.74, 6) is 1.63. The molecule has 4 rings (SSSR count). The van der Waals surface area contributed by atoms with Gasteiger partial charge in [0, 0.05) is 31.4 Å². The van der Waals surface area contributed by atoms with Crippen molar-refractivity contribution in [1.29, 1.82) is 0 Å². The first-order valence-electron chi connectivity index (χ1n) is 8.75. The molecule has 6 nitrogen and oxygen atoms in total. The monoisotopic (exact) mass is 372 g/mol. The second-order valence-corrected chi connectivity index (χ2v) is 6.75. The molecule has 0 aliphatic carbocycles. The van der Waals surface area contributed by atoms with E-state index >= 15 is 0 Å². The molecule has 0 unspecified atom stereocenters. The summed E-state index contributed by atoms with van der Waals surface area (Å²) in [6, 6.07) is 7.93. The standard InChI is InChI=1S/C19H21ClN4O2/c1-13-16(20)12-21-19-17(13)22-18(23-19)14-2-4-15(5-3-14)26-11-8-24-6-9-25-10-7-24/h2-5,12H,6-11H2,1H3,(H,21,22,23). The zero-order valence-corrected chi connectivity index (χ0v) is 15.4. The maximum Gasteiger partial charge on any atom is 0.178 e. The molecule has 1 aliphatic heterocycles. The fourth-order valence-electron chi connectivity index (χ4n) is 3.02. The van der Waals surface area contributed by atoms with Crippen molar-refractivity contribution in [3.05, 3.63) is 41.0 Å². The molecule has 0 saturated carbocycles. The van der Waals surface area contributed by atoms with E-state index in [-0.39, 0.29) is 0 Å². The van der Waals surface area contributed by atoms with Gasteiger partial charge in [-0.15, -0.1) is 0 Å². The predicted molar refractivity (Wildman–Crippen MR) is 102 cm³/mol. The smallest absolute Gasteiger partial charge is 0.178 e. The van der Waals surface area contributed by atoms with Gasteiger partial charge in [-0.3, -0.25) is 4.90 Å². The van der Waals surface area contributed by atoms with Crippen LogP contribution in [0.15, 0.2) is 30.5 Å². The van der Waals surface area contributed by atoms with Crippen LogP contribution >= 0.6 is 11.6 Å². The van der Waals surface area contributed by atoms with Crippen molar-refractivity contribution in [2.75, 3.05) is 39.5 Å². The molecule has 3 heterocycles. The molecule has 1 fully saturated rings. The number of H-pyrrole nitrogens is 1. The topological polar surface area (TPSA) is 63.3 Å². The second-order valence-electron chi connectivity index (χ2n) is 6.34.